The van der Waals surface area contributed by atoms with E-state index in [-0.39, 0.29) is 12.2 Å². The second kappa shape index (κ2) is 7.11. The lowest BCUT2D eigenvalue weighted by molar-refractivity contribution is 0.00174. The lowest BCUT2D eigenvalue weighted by atomic mass is 9.97. The van der Waals surface area contributed by atoms with E-state index >= 15 is 0 Å². The van der Waals surface area contributed by atoms with Gasteiger partial charge in [0.1, 0.15) is 0 Å². The molecule has 104 valence electrons. The molecule has 20 heavy (non-hydrogen) atoms. The highest BCUT2D eigenvalue weighted by Crippen LogP contribution is 2.31. The largest absolute Gasteiger partial charge is 0.354 e. The number of nitrogens with zero attached hydrogens (tertiary/aromatic N) is 1. The number of allylic oxidation sites excluding steroid dienone is 3. The van der Waals surface area contributed by atoms with Gasteiger partial charge in [-0.25, -0.2) is 0 Å². The third kappa shape index (κ3) is 3.61. The Balaban J connectivity index is 2.25. The van der Waals surface area contributed by atoms with Crippen molar-refractivity contribution >= 4 is 0 Å². The van der Waals surface area contributed by atoms with Crippen LogP contribution in [0.1, 0.15) is 38.5 Å². The Morgan fingerprint density at radius 1 is 1.25 bits per heavy atom. The molecule has 2 rings (SSSR count). The van der Waals surface area contributed by atoms with Crippen molar-refractivity contribution in [2.75, 3.05) is 0 Å². The smallest absolute Gasteiger partial charge is 0.158 e. The van der Waals surface area contributed by atoms with Gasteiger partial charge in [0.25, 0.3) is 0 Å². The molecule has 2 heteroatoms. The lowest BCUT2D eigenvalue weighted by Gasteiger charge is -2.22. The highest BCUT2D eigenvalue weighted by Gasteiger charge is 2.25. The average Bonchev–Trinajstić information content (AvgIpc) is 2.51. The number of aromatic nitrogens is 1. The molecule has 1 aliphatic carbocycles. The number of rotatable bonds is 6. The Bertz CT molecular complexity index is 497. The molecule has 0 bridgehead atoms. The van der Waals surface area contributed by atoms with Gasteiger partial charge < -0.3 is 4.74 Å². The molecule has 0 saturated heterocycles. The van der Waals surface area contributed by atoms with Crippen LogP contribution in [-0.2, 0) is 4.74 Å². The maximum absolute atomic E-state index is 6.28. The zero-order valence-electron chi connectivity index (χ0n) is 12.3. The number of ether oxygens (including phenoxy) is 1. The molecule has 1 aromatic rings. The first-order chi connectivity index (χ1) is 9.74. The van der Waals surface area contributed by atoms with Crippen LogP contribution >= 0.6 is 0 Å². The first kappa shape index (κ1) is 14.6. The molecule has 1 aliphatic rings. The molecule has 0 N–H and O–H groups in total. The van der Waals surface area contributed by atoms with Crippen LogP contribution in [0.2, 0.25) is 0 Å². The minimum Gasteiger partial charge on any atom is -0.354 e. The molecule has 0 saturated carbocycles. The second-order valence-corrected chi connectivity index (χ2v) is 4.95. The predicted octanol–water partition coefficient (Wildman–Crippen LogP) is 4.58. The van der Waals surface area contributed by atoms with Gasteiger partial charge in [0.15, 0.2) is 6.10 Å². The predicted molar refractivity (Wildman–Crippen MR) is 83.1 cm³/mol. The third-order valence-corrected chi connectivity index (χ3v) is 3.48. The summed E-state index contributed by atoms with van der Waals surface area (Å²) in [7, 11) is 0. The highest BCUT2D eigenvalue weighted by atomic mass is 16.5. The fourth-order valence-corrected chi connectivity index (χ4v) is 2.22. The van der Waals surface area contributed by atoms with Crippen molar-refractivity contribution in [3.05, 3.63) is 72.5 Å². The van der Waals surface area contributed by atoms with Crippen molar-refractivity contribution in [2.45, 2.75) is 38.9 Å². The minimum atomic E-state index is -0.110. The van der Waals surface area contributed by atoms with Crippen LogP contribution in [0.3, 0.4) is 0 Å². The fraction of sp³-hybridized carbons (Fsp3) is 0.333. The van der Waals surface area contributed by atoms with E-state index in [4.69, 9.17) is 4.74 Å². The van der Waals surface area contributed by atoms with Gasteiger partial charge in [-0.2, -0.15) is 0 Å². The SMILES string of the molecule is C=C1C=CC([C@H](OC(CC)CC)c2ccccn2)=C[CH+]1. The molecule has 1 heterocycles. The van der Waals surface area contributed by atoms with Crippen molar-refractivity contribution < 1.29 is 4.74 Å². The van der Waals surface area contributed by atoms with Gasteiger partial charge in [-0.15, -0.1) is 0 Å². The van der Waals surface area contributed by atoms with Crippen LogP contribution in [0.5, 0.6) is 0 Å². The molecule has 0 radical (unpaired) electrons. The zero-order valence-corrected chi connectivity index (χ0v) is 12.3. The molecule has 0 fully saturated rings. The Morgan fingerprint density at radius 3 is 2.60 bits per heavy atom. The average molecular weight is 268 g/mol. The topological polar surface area (TPSA) is 22.1 Å². The standard InChI is InChI=1S/C18H22NO/c1-4-16(5-2)20-18(17-8-6-7-13-19-17)15-11-9-14(3)10-12-15/h6-13,16,18H,3-5H2,1-2H3/q+1/t18-/m0/s1. The quantitative estimate of drug-likeness (QED) is 0.704. The minimum absolute atomic E-state index is 0.110. The normalized spacial score (nSPS) is 15.9. The molecule has 0 spiro atoms. The lowest BCUT2D eigenvalue weighted by Crippen LogP contribution is -2.18. The maximum Gasteiger partial charge on any atom is 0.158 e. The van der Waals surface area contributed by atoms with E-state index in [9.17, 15) is 0 Å². The molecule has 0 amide bonds. The molecule has 0 aromatic carbocycles. The number of hydrogen-bond donors (Lipinski definition) is 0. The summed E-state index contributed by atoms with van der Waals surface area (Å²) in [5.41, 5.74) is 3.09. The summed E-state index contributed by atoms with van der Waals surface area (Å²) in [4.78, 5) is 4.46. The van der Waals surface area contributed by atoms with E-state index < -0.39 is 0 Å². The Hall–Kier alpha value is -1.80. The first-order valence-corrected chi connectivity index (χ1v) is 7.22. The van der Waals surface area contributed by atoms with Crippen molar-refractivity contribution in [2.24, 2.45) is 0 Å². The zero-order chi connectivity index (χ0) is 14.4. The van der Waals surface area contributed by atoms with E-state index in [0.717, 1.165) is 29.7 Å². The van der Waals surface area contributed by atoms with Crippen LogP contribution in [-0.4, -0.2) is 11.1 Å². The van der Waals surface area contributed by atoms with Crippen molar-refractivity contribution in [1.82, 2.24) is 4.98 Å². The molecule has 1 atom stereocenters. The first-order valence-electron chi connectivity index (χ1n) is 7.22. The summed E-state index contributed by atoms with van der Waals surface area (Å²) < 4.78 is 6.28. The summed E-state index contributed by atoms with van der Waals surface area (Å²) in [6.07, 6.45) is 12.1. The molecule has 0 unspecified atom stereocenters. The van der Waals surface area contributed by atoms with Gasteiger partial charge in [0.2, 0.25) is 0 Å². The summed E-state index contributed by atoms with van der Waals surface area (Å²) >= 11 is 0. The van der Waals surface area contributed by atoms with E-state index in [1.165, 1.54) is 0 Å². The van der Waals surface area contributed by atoms with Gasteiger partial charge in [-0.05, 0) is 31.6 Å². The monoisotopic (exact) mass is 268 g/mol. The molecular formula is C18H22NO+. The van der Waals surface area contributed by atoms with E-state index in [2.05, 4.69) is 37.6 Å². The Kier molecular flexibility index (Phi) is 5.19. The fourth-order valence-electron chi connectivity index (χ4n) is 2.22. The van der Waals surface area contributed by atoms with Crippen molar-refractivity contribution in [3.8, 4) is 0 Å². The number of hydrogen-bond acceptors (Lipinski definition) is 2. The summed E-state index contributed by atoms with van der Waals surface area (Å²) in [6, 6.07) is 5.95. The van der Waals surface area contributed by atoms with Gasteiger partial charge in [-0.3, -0.25) is 4.98 Å². The van der Waals surface area contributed by atoms with Crippen LogP contribution in [0.15, 0.2) is 60.3 Å². The molecule has 0 aliphatic heterocycles. The van der Waals surface area contributed by atoms with Crippen molar-refractivity contribution in [1.29, 1.82) is 0 Å². The summed E-state index contributed by atoms with van der Waals surface area (Å²) in [6.45, 7) is 8.24. The summed E-state index contributed by atoms with van der Waals surface area (Å²) in [5, 5.41) is 0. The highest BCUT2D eigenvalue weighted by molar-refractivity contribution is 5.44. The maximum atomic E-state index is 6.28. The van der Waals surface area contributed by atoms with Crippen LogP contribution in [0.4, 0.5) is 0 Å². The molecule has 1 aromatic heterocycles. The van der Waals surface area contributed by atoms with Gasteiger partial charge in [0, 0.05) is 30.8 Å². The van der Waals surface area contributed by atoms with E-state index in [1.807, 2.05) is 36.9 Å². The Labute approximate surface area is 121 Å². The van der Waals surface area contributed by atoms with Crippen molar-refractivity contribution in [3.63, 3.8) is 0 Å². The molecular weight excluding hydrogens is 246 g/mol. The Morgan fingerprint density at radius 2 is 2.05 bits per heavy atom. The molecule has 2 nitrogen and oxygen atoms in total. The van der Waals surface area contributed by atoms with Crippen LogP contribution < -0.4 is 0 Å². The van der Waals surface area contributed by atoms with Gasteiger partial charge in [0.05, 0.1) is 22.9 Å². The van der Waals surface area contributed by atoms with E-state index in [1.54, 1.807) is 0 Å². The van der Waals surface area contributed by atoms with Gasteiger partial charge >= 0.3 is 0 Å². The van der Waals surface area contributed by atoms with E-state index in [0.29, 0.717) is 0 Å². The second-order valence-electron chi connectivity index (χ2n) is 4.95. The number of pyridine rings is 1. The van der Waals surface area contributed by atoms with Crippen LogP contribution in [0.25, 0.3) is 0 Å². The van der Waals surface area contributed by atoms with Crippen LogP contribution in [0, 0.1) is 6.42 Å². The van der Waals surface area contributed by atoms with Gasteiger partial charge in [-0.1, -0.05) is 19.9 Å². The summed E-state index contributed by atoms with van der Waals surface area (Å²) in [5.74, 6) is 0. The third-order valence-electron chi connectivity index (χ3n) is 3.48.